The number of aromatic amines is 1. The first-order valence-corrected chi connectivity index (χ1v) is 7.64. The number of carbonyl (C=O) groups is 1. The number of nitrogens with zero attached hydrogens (tertiary/aromatic N) is 1. The highest BCUT2D eigenvalue weighted by molar-refractivity contribution is 6.42. The number of nitrogens with one attached hydrogen (secondary N) is 3. The number of hydrogen-bond donors (Lipinski definition) is 3. The lowest BCUT2D eigenvalue weighted by Crippen LogP contribution is -2.30. The van der Waals surface area contributed by atoms with Gasteiger partial charge in [0.1, 0.15) is 0 Å². The molecule has 1 amide bonds. The molecule has 1 aromatic heterocycles. The Kier molecular flexibility index (Phi) is 5.45. The van der Waals surface area contributed by atoms with Gasteiger partial charge in [-0.05, 0) is 32.4 Å². The van der Waals surface area contributed by atoms with Crippen LogP contribution in [0.3, 0.4) is 0 Å². The van der Waals surface area contributed by atoms with Crippen LogP contribution in [0.4, 0.5) is 5.69 Å². The van der Waals surface area contributed by atoms with E-state index in [0.29, 0.717) is 10.0 Å². The van der Waals surface area contributed by atoms with E-state index < -0.39 is 0 Å². The van der Waals surface area contributed by atoms with Crippen LogP contribution in [0.25, 0.3) is 0 Å². The maximum Gasteiger partial charge on any atom is 0.238 e. The molecule has 0 bridgehead atoms. The number of carbonyl (C=O) groups excluding carboxylic acids is 1. The average molecular weight is 341 g/mol. The van der Waals surface area contributed by atoms with Crippen molar-refractivity contribution >= 4 is 34.8 Å². The van der Waals surface area contributed by atoms with Crippen LogP contribution in [-0.2, 0) is 4.79 Å². The molecule has 118 valence electrons. The van der Waals surface area contributed by atoms with Gasteiger partial charge in [-0.3, -0.25) is 9.89 Å². The number of aromatic nitrogens is 2. The van der Waals surface area contributed by atoms with Crippen molar-refractivity contribution in [3.05, 3.63) is 45.2 Å². The molecule has 1 aromatic carbocycles. The van der Waals surface area contributed by atoms with Gasteiger partial charge in [0.2, 0.25) is 5.91 Å². The van der Waals surface area contributed by atoms with Crippen LogP contribution in [0.1, 0.15) is 29.9 Å². The van der Waals surface area contributed by atoms with Crippen molar-refractivity contribution in [1.82, 2.24) is 15.5 Å². The van der Waals surface area contributed by atoms with Gasteiger partial charge < -0.3 is 10.6 Å². The summed E-state index contributed by atoms with van der Waals surface area (Å²) in [5.74, 6) is -0.141. The van der Waals surface area contributed by atoms with Crippen LogP contribution in [0, 0.1) is 13.8 Å². The Labute approximate surface area is 139 Å². The number of hydrogen-bond acceptors (Lipinski definition) is 3. The Morgan fingerprint density at radius 1 is 1.36 bits per heavy atom. The maximum absolute atomic E-state index is 12.0. The van der Waals surface area contributed by atoms with Crippen molar-refractivity contribution in [3.63, 3.8) is 0 Å². The molecule has 7 heteroatoms. The number of rotatable bonds is 5. The number of amides is 1. The van der Waals surface area contributed by atoms with E-state index in [0.717, 1.165) is 22.6 Å². The molecule has 0 saturated heterocycles. The van der Waals surface area contributed by atoms with Gasteiger partial charge in [-0.15, -0.1) is 0 Å². The lowest BCUT2D eigenvalue weighted by Gasteiger charge is -2.16. The monoisotopic (exact) mass is 340 g/mol. The van der Waals surface area contributed by atoms with Crippen LogP contribution in [0.2, 0.25) is 10.0 Å². The molecule has 0 fully saturated rings. The molecule has 0 spiro atoms. The number of aryl methyl sites for hydroxylation is 2. The van der Waals surface area contributed by atoms with Crippen molar-refractivity contribution in [2.45, 2.75) is 26.8 Å². The first kappa shape index (κ1) is 16.8. The van der Waals surface area contributed by atoms with Gasteiger partial charge >= 0.3 is 0 Å². The fourth-order valence-corrected chi connectivity index (χ4v) is 2.60. The van der Waals surface area contributed by atoms with Gasteiger partial charge in [0.25, 0.3) is 0 Å². The van der Waals surface area contributed by atoms with Gasteiger partial charge in [0.05, 0.1) is 33.7 Å². The van der Waals surface area contributed by atoms with Crippen LogP contribution in [0.15, 0.2) is 18.2 Å². The van der Waals surface area contributed by atoms with Gasteiger partial charge in [0, 0.05) is 6.04 Å². The minimum absolute atomic E-state index is 0.0940. The molecule has 22 heavy (non-hydrogen) atoms. The van der Waals surface area contributed by atoms with E-state index in [4.69, 9.17) is 23.2 Å². The maximum atomic E-state index is 12.0. The van der Waals surface area contributed by atoms with Crippen molar-refractivity contribution in [2.75, 3.05) is 11.9 Å². The molecule has 3 N–H and O–H groups in total. The summed E-state index contributed by atoms with van der Waals surface area (Å²) in [5, 5.41) is 13.8. The van der Waals surface area contributed by atoms with Gasteiger partial charge in [-0.2, -0.15) is 5.10 Å². The topological polar surface area (TPSA) is 69.8 Å². The van der Waals surface area contributed by atoms with Crippen LogP contribution in [-0.4, -0.2) is 22.6 Å². The molecule has 0 aliphatic carbocycles. The third kappa shape index (κ3) is 3.80. The zero-order valence-electron chi connectivity index (χ0n) is 12.6. The molecule has 0 aliphatic rings. The van der Waals surface area contributed by atoms with E-state index >= 15 is 0 Å². The van der Waals surface area contributed by atoms with E-state index in [1.54, 1.807) is 6.07 Å². The highest BCUT2D eigenvalue weighted by atomic mass is 35.5. The Morgan fingerprint density at radius 2 is 2.09 bits per heavy atom. The largest absolute Gasteiger partial charge is 0.322 e. The van der Waals surface area contributed by atoms with Gasteiger partial charge in [-0.25, -0.2) is 0 Å². The third-order valence-electron chi connectivity index (χ3n) is 3.41. The van der Waals surface area contributed by atoms with E-state index in [1.807, 2.05) is 32.9 Å². The second-order valence-corrected chi connectivity index (χ2v) is 5.89. The lowest BCUT2D eigenvalue weighted by molar-refractivity contribution is -0.115. The molecule has 5 nitrogen and oxygen atoms in total. The summed E-state index contributed by atoms with van der Waals surface area (Å²) in [6, 6.07) is 5.36. The summed E-state index contributed by atoms with van der Waals surface area (Å²) in [6.07, 6.45) is 0. The Hall–Kier alpha value is -1.56. The van der Waals surface area contributed by atoms with Gasteiger partial charge in [-0.1, -0.05) is 35.3 Å². The fraction of sp³-hybridized carbons (Fsp3) is 0.333. The zero-order chi connectivity index (χ0) is 16.3. The summed E-state index contributed by atoms with van der Waals surface area (Å²) in [7, 11) is 0. The first-order valence-electron chi connectivity index (χ1n) is 6.89. The van der Waals surface area contributed by atoms with Crippen LogP contribution < -0.4 is 10.6 Å². The number of anilines is 1. The fourth-order valence-electron chi connectivity index (χ4n) is 2.13. The first-order chi connectivity index (χ1) is 10.4. The summed E-state index contributed by atoms with van der Waals surface area (Å²) in [5.41, 5.74) is 3.17. The smallest absolute Gasteiger partial charge is 0.238 e. The molecule has 1 atom stereocenters. The zero-order valence-corrected chi connectivity index (χ0v) is 14.1. The van der Waals surface area contributed by atoms with E-state index in [2.05, 4.69) is 20.8 Å². The molecule has 0 aliphatic heterocycles. The van der Waals surface area contributed by atoms with Crippen molar-refractivity contribution in [2.24, 2.45) is 0 Å². The van der Waals surface area contributed by atoms with Crippen molar-refractivity contribution in [1.29, 1.82) is 0 Å². The highest BCUT2D eigenvalue weighted by Crippen LogP contribution is 2.29. The predicted octanol–water partition coefficient (Wildman–Crippen LogP) is 3.62. The summed E-state index contributed by atoms with van der Waals surface area (Å²) in [4.78, 5) is 12.0. The summed E-state index contributed by atoms with van der Waals surface area (Å²) in [6.45, 7) is 5.78. The molecular formula is C15H18Cl2N4O. The Morgan fingerprint density at radius 3 is 2.73 bits per heavy atom. The van der Waals surface area contributed by atoms with E-state index in [-0.39, 0.29) is 18.5 Å². The van der Waals surface area contributed by atoms with E-state index in [9.17, 15) is 4.79 Å². The second-order valence-electron chi connectivity index (χ2n) is 5.10. The molecule has 0 saturated carbocycles. The van der Waals surface area contributed by atoms with Crippen molar-refractivity contribution in [3.8, 4) is 0 Å². The van der Waals surface area contributed by atoms with E-state index in [1.165, 1.54) is 0 Å². The predicted molar refractivity (Wildman–Crippen MR) is 89.6 cm³/mol. The highest BCUT2D eigenvalue weighted by Gasteiger charge is 2.14. The standard InChI is InChI=1S/C15H18Cl2N4O/c1-8(11-5-4-6-12(16)14(11)17)18-7-13(22)19-15-9(2)20-21-10(15)3/h4-6,8,18H,7H2,1-3H3,(H,19,22)(H,20,21). The second kappa shape index (κ2) is 7.13. The number of halogens is 2. The number of benzene rings is 1. The quantitative estimate of drug-likeness (QED) is 0.778. The Balaban J connectivity index is 1.95. The van der Waals surface area contributed by atoms with Crippen LogP contribution >= 0.6 is 23.2 Å². The van der Waals surface area contributed by atoms with Gasteiger partial charge in [0.15, 0.2) is 0 Å². The summed E-state index contributed by atoms with van der Waals surface area (Å²) < 4.78 is 0. The van der Waals surface area contributed by atoms with Crippen LogP contribution in [0.5, 0.6) is 0 Å². The molecule has 2 aromatic rings. The molecular weight excluding hydrogens is 323 g/mol. The lowest BCUT2D eigenvalue weighted by atomic mass is 10.1. The minimum atomic E-state index is -0.141. The summed E-state index contributed by atoms with van der Waals surface area (Å²) >= 11 is 12.2. The third-order valence-corrected chi connectivity index (χ3v) is 4.24. The SMILES string of the molecule is Cc1n[nH]c(C)c1NC(=O)CNC(C)c1cccc(Cl)c1Cl. The average Bonchev–Trinajstić information content (AvgIpc) is 2.79. The van der Waals surface area contributed by atoms with Crippen molar-refractivity contribution < 1.29 is 4.79 Å². The molecule has 1 unspecified atom stereocenters. The molecule has 1 heterocycles. The molecule has 2 rings (SSSR count). The molecule has 0 radical (unpaired) electrons. The minimum Gasteiger partial charge on any atom is -0.322 e. The Bertz CT molecular complexity index is 665. The number of H-pyrrole nitrogens is 1. The normalized spacial score (nSPS) is 12.2.